The lowest BCUT2D eigenvalue weighted by Gasteiger charge is -2.02. The molecule has 0 radical (unpaired) electrons. The molecule has 0 saturated carbocycles. The summed E-state index contributed by atoms with van der Waals surface area (Å²) in [5.74, 6) is 0. The van der Waals surface area contributed by atoms with Crippen LogP contribution in [0, 0.1) is 0 Å². The highest BCUT2D eigenvalue weighted by molar-refractivity contribution is 4.70. The van der Waals surface area contributed by atoms with Crippen LogP contribution in [0.4, 0.5) is 0 Å². The van der Waals surface area contributed by atoms with Gasteiger partial charge in [-0.15, -0.1) is 0 Å². The number of unbranched alkanes of at least 4 members (excludes halogenated alkanes) is 25. The van der Waals surface area contributed by atoms with Crippen LogP contribution in [0.25, 0.3) is 0 Å². The zero-order valence-corrected chi connectivity index (χ0v) is 23.8. The largest absolute Gasteiger partial charge is 0.516 e. The maximum Gasteiger partial charge on any atom is 0.0751 e. The van der Waals surface area contributed by atoms with E-state index in [0.717, 1.165) is 12.8 Å². The monoisotopic (exact) mass is 483 g/mol. The Morgan fingerprint density at radius 3 is 0.912 bits per heavy atom. The molecule has 0 unspecified atom stereocenters. The van der Waals surface area contributed by atoms with Crippen LogP contribution in [0.3, 0.4) is 0 Å². The molecule has 0 saturated heterocycles. The average Bonchev–Trinajstić information content (AvgIpc) is 2.85. The van der Waals surface area contributed by atoms with Crippen molar-refractivity contribution < 1.29 is 10.2 Å². The molecule has 0 aromatic carbocycles. The molecule has 0 aromatic rings. The van der Waals surface area contributed by atoms with Crippen molar-refractivity contribution in [1.29, 1.82) is 0 Å². The van der Waals surface area contributed by atoms with Crippen molar-refractivity contribution in [1.82, 2.24) is 0 Å². The lowest BCUT2D eigenvalue weighted by atomic mass is 10.0. The Hall–Kier alpha value is -0.500. The molecular formula is C32H66O2. The predicted octanol–water partition coefficient (Wildman–Crippen LogP) is 11.6. The molecular weight excluding hydrogens is 416 g/mol. The Bertz CT molecular complexity index is 326. The van der Waals surface area contributed by atoms with Crippen molar-refractivity contribution in [2.45, 2.75) is 187 Å². The zero-order valence-electron chi connectivity index (χ0n) is 23.8. The van der Waals surface area contributed by atoms with E-state index < -0.39 is 0 Å². The molecule has 0 rings (SSSR count). The molecule has 2 heteroatoms. The summed E-state index contributed by atoms with van der Waals surface area (Å²) in [4.78, 5) is 0. The van der Waals surface area contributed by atoms with E-state index in [0.29, 0.717) is 6.61 Å². The summed E-state index contributed by atoms with van der Waals surface area (Å²) in [6, 6.07) is 0. The van der Waals surface area contributed by atoms with Crippen LogP contribution in [0.1, 0.15) is 187 Å². The van der Waals surface area contributed by atoms with Crippen LogP contribution in [0.2, 0.25) is 0 Å². The topological polar surface area (TPSA) is 40.5 Å². The normalized spacial score (nSPS) is 11.1. The summed E-state index contributed by atoms with van der Waals surface area (Å²) in [5, 5.41) is 17.1. The molecule has 0 aliphatic heterocycles. The predicted molar refractivity (Wildman–Crippen MR) is 155 cm³/mol. The van der Waals surface area contributed by atoms with Gasteiger partial charge in [0.25, 0.3) is 0 Å². The number of aliphatic hydroxyl groups excluding tert-OH is 2. The molecule has 0 fully saturated rings. The standard InChI is InChI=1S/C16H34O.C16H32O/c2*1-2-3-4-5-6-7-8-9-10-11-12-13-14-15-16-17/h17H,2-16H2,1H3;15-17H,2-14H2,1H3. The van der Waals surface area contributed by atoms with Crippen molar-refractivity contribution in [3.05, 3.63) is 12.3 Å². The molecule has 0 aliphatic rings. The summed E-state index contributed by atoms with van der Waals surface area (Å²) in [5.41, 5.74) is 0. The molecule has 34 heavy (non-hydrogen) atoms. The minimum absolute atomic E-state index is 0.373. The Labute approximate surface area is 216 Å². The van der Waals surface area contributed by atoms with Gasteiger partial charge in [0.1, 0.15) is 0 Å². The molecule has 0 spiro atoms. The first-order valence-corrected chi connectivity index (χ1v) is 15.7. The van der Waals surface area contributed by atoms with Crippen LogP contribution in [0.15, 0.2) is 12.3 Å². The fourth-order valence-electron chi connectivity index (χ4n) is 4.48. The second kappa shape index (κ2) is 37.1. The number of aliphatic hydroxyl groups is 2. The van der Waals surface area contributed by atoms with Gasteiger partial charge >= 0.3 is 0 Å². The van der Waals surface area contributed by atoms with Crippen molar-refractivity contribution >= 4 is 0 Å². The van der Waals surface area contributed by atoms with Crippen LogP contribution >= 0.6 is 0 Å². The van der Waals surface area contributed by atoms with Crippen LogP contribution in [-0.4, -0.2) is 16.8 Å². The SMILES string of the molecule is CCCCCCCCCCCCCCC=CO.CCCCCCCCCCCCCCCCO. The third-order valence-electron chi connectivity index (χ3n) is 6.84. The van der Waals surface area contributed by atoms with E-state index in [2.05, 4.69) is 13.8 Å². The van der Waals surface area contributed by atoms with Gasteiger partial charge in [0.05, 0.1) is 6.26 Å². The molecule has 206 valence electrons. The van der Waals surface area contributed by atoms with Crippen LogP contribution in [0.5, 0.6) is 0 Å². The third-order valence-corrected chi connectivity index (χ3v) is 6.84. The Morgan fingerprint density at radius 1 is 0.382 bits per heavy atom. The Morgan fingerprint density at radius 2 is 0.647 bits per heavy atom. The average molecular weight is 483 g/mol. The van der Waals surface area contributed by atoms with Crippen molar-refractivity contribution in [3.63, 3.8) is 0 Å². The molecule has 0 amide bonds. The lowest BCUT2D eigenvalue weighted by Crippen LogP contribution is -1.84. The van der Waals surface area contributed by atoms with Gasteiger partial charge in [-0.1, -0.05) is 174 Å². The minimum atomic E-state index is 0.373. The van der Waals surface area contributed by atoms with E-state index in [1.807, 2.05) is 6.08 Å². The minimum Gasteiger partial charge on any atom is -0.516 e. The first-order valence-electron chi connectivity index (χ1n) is 15.7. The van der Waals surface area contributed by atoms with Gasteiger partial charge in [0, 0.05) is 6.61 Å². The van der Waals surface area contributed by atoms with Crippen molar-refractivity contribution in [3.8, 4) is 0 Å². The molecule has 0 aromatic heterocycles. The van der Waals surface area contributed by atoms with E-state index in [1.165, 1.54) is 167 Å². The van der Waals surface area contributed by atoms with Gasteiger partial charge in [-0.2, -0.15) is 0 Å². The Kier molecular flexibility index (Phi) is 38.9. The second-order valence-corrected chi connectivity index (χ2v) is 10.4. The van der Waals surface area contributed by atoms with Crippen LogP contribution in [-0.2, 0) is 0 Å². The Balaban J connectivity index is 0. The van der Waals surface area contributed by atoms with Gasteiger partial charge in [0.2, 0.25) is 0 Å². The van der Waals surface area contributed by atoms with E-state index in [1.54, 1.807) is 0 Å². The summed E-state index contributed by atoms with van der Waals surface area (Å²) in [6.45, 7) is 4.93. The van der Waals surface area contributed by atoms with E-state index in [9.17, 15) is 0 Å². The smallest absolute Gasteiger partial charge is 0.0751 e. The highest BCUT2D eigenvalue weighted by Gasteiger charge is 1.94. The zero-order chi connectivity index (χ0) is 25.2. The van der Waals surface area contributed by atoms with Crippen molar-refractivity contribution in [2.75, 3.05) is 6.61 Å². The fourth-order valence-corrected chi connectivity index (χ4v) is 4.48. The van der Waals surface area contributed by atoms with Gasteiger partial charge < -0.3 is 10.2 Å². The third kappa shape index (κ3) is 38.7. The number of rotatable bonds is 27. The number of hydrogen-bond donors (Lipinski definition) is 2. The molecule has 0 aliphatic carbocycles. The highest BCUT2D eigenvalue weighted by atomic mass is 16.3. The van der Waals surface area contributed by atoms with Crippen LogP contribution < -0.4 is 0 Å². The second-order valence-electron chi connectivity index (χ2n) is 10.4. The first kappa shape index (κ1) is 35.7. The summed E-state index contributed by atoms with van der Waals surface area (Å²) >= 11 is 0. The van der Waals surface area contributed by atoms with Gasteiger partial charge in [0.15, 0.2) is 0 Å². The molecule has 0 bridgehead atoms. The fraction of sp³-hybridized carbons (Fsp3) is 0.938. The molecule has 0 atom stereocenters. The quantitative estimate of drug-likeness (QED) is 0.0902. The van der Waals surface area contributed by atoms with Gasteiger partial charge in [-0.25, -0.2) is 0 Å². The number of hydrogen-bond acceptors (Lipinski definition) is 2. The summed E-state index contributed by atoms with van der Waals surface area (Å²) in [6.07, 6.45) is 40.0. The molecule has 2 nitrogen and oxygen atoms in total. The van der Waals surface area contributed by atoms with Crippen molar-refractivity contribution in [2.24, 2.45) is 0 Å². The lowest BCUT2D eigenvalue weighted by molar-refractivity contribution is 0.282. The summed E-state index contributed by atoms with van der Waals surface area (Å²) in [7, 11) is 0. The van der Waals surface area contributed by atoms with E-state index in [4.69, 9.17) is 10.2 Å². The first-order chi connectivity index (χ1) is 16.8. The maximum absolute atomic E-state index is 8.64. The van der Waals surface area contributed by atoms with E-state index >= 15 is 0 Å². The summed E-state index contributed by atoms with van der Waals surface area (Å²) < 4.78 is 0. The number of allylic oxidation sites excluding steroid dienone is 1. The van der Waals surface area contributed by atoms with E-state index in [-0.39, 0.29) is 0 Å². The maximum atomic E-state index is 8.64. The molecule has 0 heterocycles. The molecule has 2 N–H and O–H groups in total. The van der Waals surface area contributed by atoms with Gasteiger partial charge in [-0.05, 0) is 19.3 Å². The highest BCUT2D eigenvalue weighted by Crippen LogP contribution is 2.13. The van der Waals surface area contributed by atoms with Gasteiger partial charge in [-0.3, -0.25) is 0 Å².